The van der Waals surface area contributed by atoms with Gasteiger partial charge in [0.1, 0.15) is 0 Å². The summed E-state index contributed by atoms with van der Waals surface area (Å²) in [6.45, 7) is 4.96. The molecule has 2 fully saturated rings. The summed E-state index contributed by atoms with van der Waals surface area (Å²) in [4.78, 5) is 18.4. The van der Waals surface area contributed by atoms with Crippen molar-refractivity contribution in [2.75, 3.05) is 45.6 Å². The summed E-state index contributed by atoms with van der Waals surface area (Å²) in [6, 6.07) is 7.82. The highest BCUT2D eigenvalue weighted by molar-refractivity contribution is 7.98. The Balaban J connectivity index is 1.67. The highest BCUT2D eigenvalue weighted by Gasteiger charge is 2.36. The van der Waals surface area contributed by atoms with E-state index in [1.165, 1.54) is 19.3 Å². The largest absolute Gasteiger partial charge is 0.396 e. The van der Waals surface area contributed by atoms with E-state index in [9.17, 15) is 9.90 Å². The molecule has 1 aromatic rings. The minimum absolute atomic E-state index is 0.111. The van der Waals surface area contributed by atoms with Gasteiger partial charge in [-0.2, -0.15) is 0 Å². The first-order valence-electron chi connectivity index (χ1n) is 8.98. The molecule has 0 spiro atoms. The van der Waals surface area contributed by atoms with Crippen LogP contribution >= 0.6 is 11.8 Å². The zero-order valence-corrected chi connectivity index (χ0v) is 15.3. The number of thioether (sulfide) groups is 1. The lowest BCUT2D eigenvalue weighted by atomic mass is 9.95. The number of nitrogens with zero attached hydrogens (tertiary/aromatic N) is 2. The van der Waals surface area contributed by atoms with E-state index in [0.717, 1.165) is 36.6 Å². The summed E-state index contributed by atoms with van der Waals surface area (Å²) in [7, 11) is 0. The molecule has 24 heavy (non-hydrogen) atoms. The van der Waals surface area contributed by atoms with Gasteiger partial charge in [-0.25, -0.2) is 0 Å². The van der Waals surface area contributed by atoms with Crippen molar-refractivity contribution in [3.8, 4) is 0 Å². The Morgan fingerprint density at radius 3 is 2.58 bits per heavy atom. The van der Waals surface area contributed by atoms with Crippen LogP contribution in [-0.2, 0) is 0 Å². The van der Waals surface area contributed by atoms with E-state index < -0.39 is 0 Å². The van der Waals surface area contributed by atoms with Crippen LogP contribution in [0.3, 0.4) is 0 Å². The summed E-state index contributed by atoms with van der Waals surface area (Å²) >= 11 is 1.61. The molecule has 0 aliphatic carbocycles. The molecule has 3 rings (SSSR count). The number of aliphatic hydroxyl groups excluding tert-OH is 1. The van der Waals surface area contributed by atoms with Crippen LogP contribution in [0.5, 0.6) is 0 Å². The number of hydrogen-bond acceptors (Lipinski definition) is 4. The molecule has 0 unspecified atom stereocenters. The van der Waals surface area contributed by atoms with Gasteiger partial charge in [0.2, 0.25) is 0 Å². The maximum Gasteiger partial charge on any atom is 0.255 e. The van der Waals surface area contributed by atoms with Crippen molar-refractivity contribution >= 4 is 17.7 Å². The second-order valence-corrected chi connectivity index (χ2v) is 7.82. The summed E-state index contributed by atoms with van der Waals surface area (Å²) in [6.07, 6.45) is 5.90. The first-order chi connectivity index (χ1) is 11.7. The number of piperidine rings is 1. The highest BCUT2D eigenvalue weighted by Crippen LogP contribution is 2.29. The van der Waals surface area contributed by atoms with Crippen molar-refractivity contribution in [2.24, 2.45) is 11.8 Å². The summed E-state index contributed by atoms with van der Waals surface area (Å²) in [5.41, 5.74) is 0.792. The normalized spacial score (nSPS) is 25.2. The van der Waals surface area contributed by atoms with Crippen molar-refractivity contribution in [3.05, 3.63) is 29.8 Å². The first-order valence-corrected chi connectivity index (χ1v) is 10.2. The van der Waals surface area contributed by atoms with Gasteiger partial charge in [0.05, 0.1) is 5.56 Å². The van der Waals surface area contributed by atoms with Crippen LogP contribution in [0.25, 0.3) is 0 Å². The Labute approximate surface area is 149 Å². The third-order valence-corrected chi connectivity index (χ3v) is 6.17. The summed E-state index contributed by atoms with van der Waals surface area (Å²) < 4.78 is 0. The molecule has 0 bridgehead atoms. The second kappa shape index (κ2) is 8.37. The van der Waals surface area contributed by atoms with Crippen molar-refractivity contribution < 1.29 is 9.90 Å². The molecule has 1 amide bonds. The Bertz CT molecular complexity index is 560. The molecule has 132 valence electrons. The second-order valence-electron chi connectivity index (χ2n) is 6.97. The number of amides is 1. The van der Waals surface area contributed by atoms with Gasteiger partial charge in [-0.05, 0) is 50.2 Å². The quantitative estimate of drug-likeness (QED) is 0.831. The van der Waals surface area contributed by atoms with Gasteiger partial charge in [0, 0.05) is 37.1 Å². The monoisotopic (exact) mass is 348 g/mol. The van der Waals surface area contributed by atoms with Gasteiger partial charge in [-0.1, -0.05) is 18.6 Å². The number of rotatable bonds is 5. The van der Waals surface area contributed by atoms with Crippen molar-refractivity contribution in [1.82, 2.24) is 9.80 Å². The predicted octanol–water partition coefficient (Wildman–Crippen LogP) is 2.57. The SMILES string of the molecule is CSc1ccccc1C(=O)N1C[C@@H](CN2CCCCC2)[C@@H](CO)C1. The van der Waals surface area contributed by atoms with Gasteiger partial charge in [-0.3, -0.25) is 4.79 Å². The number of benzene rings is 1. The maximum atomic E-state index is 12.9. The third-order valence-electron chi connectivity index (χ3n) is 5.38. The van der Waals surface area contributed by atoms with Gasteiger partial charge in [-0.15, -0.1) is 11.8 Å². The highest BCUT2D eigenvalue weighted by atomic mass is 32.2. The van der Waals surface area contributed by atoms with Crippen LogP contribution in [0.1, 0.15) is 29.6 Å². The molecule has 2 aliphatic rings. The topological polar surface area (TPSA) is 43.8 Å². The lowest BCUT2D eigenvalue weighted by Crippen LogP contribution is -2.37. The van der Waals surface area contributed by atoms with Gasteiger partial charge in [0.15, 0.2) is 0 Å². The molecular weight excluding hydrogens is 320 g/mol. The molecule has 2 aliphatic heterocycles. The average Bonchev–Trinajstić information content (AvgIpc) is 3.04. The zero-order valence-electron chi connectivity index (χ0n) is 14.5. The van der Waals surface area contributed by atoms with Crippen LogP contribution < -0.4 is 0 Å². The molecule has 0 aromatic heterocycles. The standard InChI is InChI=1S/C19H28N2O2S/c1-24-18-8-4-3-7-17(18)19(23)21-12-15(16(13-21)14-22)11-20-9-5-2-6-10-20/h3-4,7-8,15-16,22H,2,5-6,9-14H2,1H3/t15-,16-/m1/s1. The van der Waals surface area contributed by atoms with Crippen LogP contribution in [0.15, 0.2) is 29.2 Å². The number of hydrogen-bond donors (Lipinski definition) is 1. The molecule has 5 heteroatoms. The maximum absolute atomic E-state index is 12.9. The van der Waals surface area contributed by atoms with E-state index in [4.69, 9.17) is 0 Å². The molecule has 4 nitrogen and oxygen atoms in total. The third kappa shape index (κ3) is 3.95. The number of aliphatic hydroxyl groups is 1. The van der Waals surface area contributed by atoms with Crippen LogP contribution in [0, 0.1) is 11.8 Å². The van der Waals surface area contributed by atoms with Gasteiger partial charge < -0.3 is 14.9 Å². The number of likely N-dealkylation sites (tertiary alicyclic amines) is 2. The first kappa shape index (κ1) is 17.8. The number of carbonyl (C=O) groups excluding carboxylic acids is 1. The number of carbonyl (C=O) groups is 1. The van der Waals surface area contributed by atoms with Crippen LogP contribution in [0.4, 0.5) is 0 Å². The fraction of sp³-hybridized carbons (Fsp3) is 0.632. The molecule has 0 saturated carbocycles. The van der Waals surface area contributed by atoms with E-state index in [2.05, 4.69) is 4.90 Å². The predicted molar refractivity (Wildman–Crippen MR) is 98.5 cm³/mol. The summed E-state index contributed by atoms with van der Waals surface area (Å²) in [5.74, 6) is 0.704. The van der Waals surface area contributed by atoms with Crippen LogP contribution in [0.2, 0.25) is 0 Å². The van der Waals surface area contributed by atoms with E-state index in [-0.39, 0.29) is 18.4 Å². The molecule has 2 heterocycles. The average molecular weight is 349 g/mol. The van der Waals surface area contributed by atoms with E-state index in [0.29, 0.717) is 12.5 Å². The van der Waals surface area contributed by atoms with E-state index in [1.807, 2.05) is 35.4 Å². The van der Waals surface area contributed by atoms with E-state index >= 15 is 0 Å². The Morgan fingerprint density at radius 1 is 1.17 bits per heavy atom. The summed E-state index contributed by atoms with van der Waals surface area (Å²) in [5, 5.41) is 9.78. The van der Waals surface area contributed by atoms with Crippen molar-refractivity contribution in [1.29, 1.82) is 0 Å². The zero-order chi connectivity index (χ0) is 16.9. The van der Waals surface area contributed by atoms with Crippen LogP contribution in [-0.4, -0.2) is 66.4 Å². The smallest absolute Gasteiger partial charge is 0.255 e. The fourth-order valence-corrected chi connectivity index (χ4v) is 4.57. The lowest BCUT2D eigenvalue weighted by Gasteiger charge is -2.30. The molecule has 2 saturated heterocycles. The molecular formula is C19H28N2O2S. The van der Waals surface area contributed by atoms with Crippen molar-refractivity contribution in [2.45, 2.75) is 24.2 Å². The Hall–Kier alpha value is -1.04. The molecule has 2 atom stereocenters. The Morgan fingerprint density at radius 2 is 1.88 bits per heavy atom. The minimum atomic E-state index is 0.111. The molecule has 1 aromatic carbocycles. The van der Waals surface area contributed by atoms with Crippen molar-refractivity contribution in [3.63, 3.8) is 0 Å². The molecule has 0 radical (unpaired) electrons. The van der Waals surface area contributed by atoms with Gasteiger partial charge >= 0.3 is 0 Å². The lowest BCUT2D eigenvalue weighted by molar-refractivity contribution is 0.0775. The van der Waals surface area contributed by atoms with E-state index in [1.54, 1.807) is 11.8 Å². The Kier molecular flexibility index (Phi) is 6.19. The van der Waals surface area contributed by atoms with Gasteiger partial charge in [0.25, 0.3) is 5.91 Å². The molecule has 1 N–H and O–H groups in total. The fourth-order valence-electron chi connectivity index (χ4n) is 3.98. The minimum Gasteiger partial charge on any atom is -0.396 e.